The number of aromatic nitrogens is 1. The van der Waals surface area contributed by atoms with Gasteiger partial charge in [0.1, 0.15) is 11.9 Å². The summed E-state index contributed by atoms with van der Waals surface area (Å²) in [4.78, 5) is 37.7. The highest BCUT2D eigenvalue weighted by Gasteiger charge is 2.34. The van der Waals surface area contributed by atoms with Crippen LogP contribution < -0.4 is 21.5 Å². The van der Waals surface area contributed by atoms with Crippen molar-refractivity contribution in [1.29, 1.82) is 0 Å². The number of nitrogens with two attached hydrogens (primary N) is 1. The lowest BCUT2D eigenvalue weighted by molar-refractivity contribution is -0.118. The van der Waals surface area contributed by atoms with Gasteiger partial charge < -0.3 is 16.0 Å². The van der Waals surface area contributed by atoms with Crippen LogP contribution in [0.4, 0.5) is 15.8 Å². The van der Waals surface area contributed by atoms with Gasteiger partial charge in [0.05, 0.1) is 24.3 Å². The Morgan fingerprint density at radius 1 is 1.10 bits per heavy atom. The minimum Gasteiger partial charge on any atom is -0.368 e. The second kappa shape index (κ2) is 7.82. The van der Waals surface area contributed by atoms with Gasteiger partial charge >= 0.3 is 0 Å². The van der Waals surface area contributed by atoms with Crippen molar-refractivity contribution in [3.63, 3.8) is 0 Å². The number of benzene rings is 2. The van der Waals surface area contributed by atoms with Crippen molar-refractivity contribution in [3.05, 3.63) is 95.0 Å². The highest BCUT2D eigenvalue weighted by atomic mass is 19.1. The lowest BCUT2D eigenvalue weighted by Gasteiger charge is -2.24. The molecule has 0 saturated heterocycles. The van der Waals surface area contributed by atoms with Gasteiger partial charge in [0.25, 0.3) is 5.56 Å². The Balaban J connectivity index is 1.52. The molecule has 1 aromatic heterocycles. The molecule has 2 amide bonds. The molecule has 1 aliphatic rings. The number of primary amides is 1. The Bertz CT molecular complexity index is 1190. The van der Waals surface area contributed by atoms with Gasteiger partial charge in [-0.25, -0.2) is 4.39 Å². The molecule has 1 unspecified atom stereocenters. The topological polar surface area (TPSA) is 97.4 Å². The van der Waals surface area contributed by atoms with Gasteiger partial charge in [0.15, 0.2) is 0 Å². The van der Waals surface area contributed by atoms with E-state index in [1.165, 1.54) is 33.9 Å². The molecule has 7 nitrogen and oxygen atoms in total. The minimum absolute atomic E-state index is 0.0382. The summed E-state index contributed by atoms with van der Waals surface area (Å²) in [6.45, 7) is -0.211. The SMILES string of the molecule is NC(=O)C1[C]c2ccccc2N1CC(=O)Nc1ccc(-n2ccccc2=O)cc1F. The van der Waals surface area contributed by atoms with Crippen molar-refractivity contribution in [3.8, 4) is 5.69 Å². The van der Waals surface area contributed by atoms with Crippen molar-refractivity contribution >= 4 is 23.2 Å². The van der Waals surface area contributed by atoms with E-state index in [4.69, 9.17) is 5.73 Å². The fourth-order valence-corrected chi connectivity index (χ4v) is 3.35. The third-order valence-corrected chi connectivity index (χ3v) is 4.73. The number of halogens is 1. The van der Waals surface area contributed by atoms with Crippen LogP contribution >= 0.6 is 0 Å². The number of rotatable bonds is 5. The van der Waals surface area contributed by atoms with E-state index in [0.717, 1.165) is 6.07 Å². The second-order valence-corrected chi connectivity index (χ2v) is 6.72. The number of fused-ring (bicyclic) bond motifs is 1. The zero-order valence-electron chi connectivity index (χ0n) is 15.7. The summed E-state index contributed by atoms with van der Waals surface area (Å²) in [5, 5.41) is 2.50. The fourth-order valence-electron chi connectivity index (χ4n) is 3.35. The molecule has 0 fully saturated rings. The summed E-state index contributed by atoms with van der Waals surface area (Å²) in [6.07, 6.45) is 4.49. The standard InChI is InChI=1S/C22H17FN4O3/c23-16-12-15(26-10-4-3-7-21(26)29)8-9-17(16)25-20(28)13-27-18-6-2-1-5-14(18)11-19(27)22(24)30/h1-10,12,19H,13H2,(H2,24,30)(H,25,28). The first-order valence-electron chi connectivity index (χ1n) is 9.13. The minimum atomic E-state index is -0.884. The van der Waals surface area contributed by atoms with Crippen molar-refractivity contribution in [1.82, 2.24) is 4.57 Å². The van der Waals surface area contributed by atoms with Crippen LogP contribution in [0.3, 0.4) is 0 Å². The highest BCUT2D eigenvalue weighted by molar-refractivity contribution is 5.98. The number of hydrogen-bond acceptors (Lipinski definition) is 4. The van der Waals surface area contributed by atoms with E-state index in [1.807, 2.05) is 0 Å². The molecule has 0 aliphatic carbocycles. The third-order valence-electron chi connectivity index (χ3n) is 4.73. The zero-order chi connectivity index (χ0) is 21.3. The van der Waals surface area contributed by atoms with Crippen LogP contribution in [0, 0.1) is 12.2 Å². The number of para-hydroxylation sites is 1. The van der Waals surface area contributed by atoms with Crippen molar-refractivity contribution in [2.45, 2.75) is 6.04 Å². The molecular weight excluding hydrogens is 387 g/mol. The van der Waals surface area contributed by atoms with Gasteiger partial charge in [-0.3, -0.25) is 19.0 Å². The average molecular weight is 404 g/mol. The van der Waals surface area contributed by atoms with Crippen LogP contribution in [0.1, 0.15) is 5.56 Å². The fraction of sp³-hybridized carbons (Fsp3) is 0.0909. The van der Waals surface area contributed by atoms with Gasteiger partial charge in [-0.2, -0.15) is 0 Å². The predicted molar refractivity (Wildman–Crippen MR) is 110 cm³/mol. The van der Waals surface area contributed by atoms with Crippen LogP contribution in [0.5, 0.6) is 0 Å². The average Bonchev–Trinajstić information content (AvgIpc) is 3.09. The summed E-state index contributed by atoms with van der Waals surface area (Å²) in [6, 6.07) is 14.9. The van der Waals surface area contributed by atoms with E-state index in [0.29, 0.717) is 16.9 Å². The Labute approximate surface area is 171 Å². The molecule has 1 aliphatic heterocycles. The van der Waals surface area contributed by atoms with Crippen LogP contribution in [0.15, 0.2) is 71.7 Å². The molecule has 1 atom stereocenters. The molecule has 0 bridgehead atoms. The molecule has 3 N–H and O–H groups in total. The van der Waals surface area contributed by atoms with Crippen molar-refractivity contribution in [2.75, 3.05) is 16.8 Å². The maximum Gasteiger partial charge on any atom is 0.255 e. The summed E-state index contributed by atoms with van der Waals surface area (Å²) in [7, 11) is 0. The Hall–Kier alpha value is -3.94. The maximum absolute atomic E-state index is 14.6. The molecular formula is C22H17FN4O3. The van der Waals surface area contributed by atoms with Gasteiger partial charge in [0.2, 0.25) is 11.8 Å². The largest absolute Gasteiger partial charge is 0.368 e. The van der Waals surface area contributed by atoms with Crippen LogP contribution in [0.2, 0.25) is 0 Å². The van der Waals surface area contributed by atoms with Crippen LogP contribution in [-0.2, 0) is 9.59 Å². The molecule has 2 heterocycles. The Morgan fingerprint density at radius 2 is 1.87 bits per heavy atom. The quantitative estimate of drug-likeness (QED) is 0.677. The molecule has 8 heteroatoms. The van der Waals surface area contributed by atoms with E-state index in [-0.39, 0.29) is 17.8 Å². The van der Waals surface area contributed by atoms with Gasteiger partial charge in [-0.15, -0.1) is 0 Å². The molecule has 4 rings (SSSR count). The van der Waals surface area contributed by atoms with Gasteiger partial charge in [-0.05, 0) is 29.8 Å². The number of carbonyl (C=O) groups is 2. The second-order valence-electron chi connectivity index (χ2n) is 6.72. The first kappa shape index (κ1) is 19.4. The number of anilines is 2. The summed E-state index contributed by atoms with van der Waals surface area (Å²) in [5.74, 6) is -1.85. The number of nitrogens with zero attached hydrogens (tertiary/aromatic N) is 2. The van der Waals surface area contributed by atoms with E-state index >= 15 is 0 Å². The molecule has 3 aromatic rings. The van der Waals surface area contributed by atoms with Crippen molar-refractivity contribution in [2.24, 2.45) is 5.73 Å². The number of amides is 2. The summed E-state index contributed by atoms with van der Waals surface area (Å²) >= 11 is 0. The normalized spacial score (nSPS) is 15.0. The molecule has 0 spiro atoms. The van der Waals surface area contributed by atoms with Crippen molar-refractivity contribution < 1.29 is 14.0 Å². The van der Waals surface area contributed by atoms with Crippen LogP contribution in [-0.4, -0.2) is 29.0 Å². The maximum atomic E-state index is 14.6. The lowest BCUT2D eigenvalue weighted by atomic mass is 10.1. The Morgan fingerprint density at radius 3 is 2.60 bits per heavy atom. The number of nitrogens with one attached hydrogen (secondary N) is 1. The molecule has 30 heavy (non-hydrogen) atoms. The first-order chi connectivity index (χ1) is 14.4. The smallest absolute Gasteiger partial charge is 0.255 e. The summed E-state index contributed by atoms with van der Waals surface area (Å²) in [5.41, 5.74) is 6.77. The van der Waals surface area contributed by atoms with E-state index < -0.39 is 23.7 Å². The van der Waals surface area contributed by atoms with E-state index in [2.05, 4.69) is 11.7 Å². The van der Waals surface area contributed by atoms with Gasteiger partial charge in [0, 0.05) is 24.0 Å². The predicted octanol–water partition coefficient (Wildman–Crippen LogP) is 1.72. The number of carbonyl (C=O) groups excluding carboxylic acids is 2. The van der Waals surface area contributed by atoms with E-state index in [9.17, 15) is 18.8 Å². The lowest BCUT2D eigenvalue weighted by Crippen LogP contribution is -2.45. The number of pyridine rings is 1. The monoisotopic (exact) mass is 404 g/mol. The molecule has 0 saturated carbocycles. The van der Waals surface area contributed by atoms with Gasteiger partial charge in [-0.1, -0.05) is 24.3 Å². The molecule has 2 radical (unpaired) electrons. The van der Waals surface area contributed by atoms with Crippen LogP contribution in [0.25, 0.3) is 5.69 Å². The Kier molecular flexibility index (Phi) is 5.05. The first-order valence-corrected chi connectivity index (χ1v) is 9.13. The molecule has 150 valence electrons. The third kappa shape index (κ3) is 3.67. The summed E-state index contributed by atoms with van der Waals surface area (Å²) < 4.78 is 15.8. The van der Waals surface area contributed by atoms with E-state index in [1.54, 1.807) is 36.4 Å². The zero-order valence-corrected chi connectivity index (χ0v) is 15.7. The number of hydrogen-bond donors (Lipinski definition) is 2. The highest BCUT2D eigenvalue weighted by Crippen LogP contribution is 2.33. The molecule has 2 aromatic carbocycles.